The molecule has 11 heteroatoms. The summed E-state index contributed by atoms with van der Waals surface area (Å²) in [6.45, 7) is 2.41. The van der Waals surface area contributed by atoms with Gasteiger partial charge in [-0.05, 0) is 92.6 Å². The number of esters is 3. The Balaban J connectivity index is 0.830. The largest absolute Gasteiger partial charge is 0.461 e. The number of hydrogen-bond donors (Lipinski definition) is 2. The Morgan fingerprint density at radius 2 is 1.72 bits per heavy atom. The van der Waals surface area contributed by atoms with E-state index in [2.05, 4.69) is 14.0 Å². The molecule has 1 aromatic carbocycles. The van der Waals surface area contributed by atoms with Crippen molar-refractivity contribution in [2.24, 2.45) is 34.5 Å². The number of carbonyl (C=O) groups is 4. The lowest BCUT2D eigenvalue weighted by Gasteiger charge is -2.63. The van der Waals surface area contributed by atoms with E-state index in [1.807, 2.05) is 30.3 Å². The molecule has 53 heavy (non-hydrogen) atoms. The molecule has 3 saturated heterocycles. The third kappa shape index (κ3) is 5.34. The van der Waals surface area contributed by atoms with Crippen LogP contribution in [0.5, 0.6) is 0 Å². The standard InChI is InChI=1S/C42H54NO10/c1-40-13-11-31-32(42(40,49)15-12-30(40)25-16-35(46)50-22-25)9-8-26-17-27(10-14-41(26,31)23-45)51-36(47)20-43(2)33-18-28(19-34(43)38-37(33)53-38)52-39(48)29(21-44)24-6-4-3-5-7-24/h3-7,16,23,26-34,37-38,44,49H,8-15,17-22H2,1-2H3/q+1/t26-,27+,28?,29-,30-,31+,32-,33+,34+,37+,38+,40-,41-,42+,43?/m1/s1. The molecule has 0 aromatic heterocycles. The highest BCUT2D eigenvalue weighted by Gasteiger charge is 2.73. The Bertz CT molecular complexity index is 1680. The first-order valence-electron chi connectivity index (χ1n) is 20.1. The number of fused-ring (bicyclic) bond motifs is 10. The summed E-state index contributed by atoms with van der Waals surface area (Å²) in [5.74, 6) is -1.36. The van der Waals surface area contributed by atoms with E-state index in [1.165, 1.54) is 6.29 Å². The van der Waals surface area contributed by atoms with Crippen LogP contribution in [0.2, 0.25) is 0 Å². The minimum absolute atomic E-state index is 0.00805. The SMILES string of the molecule is C[C@]12CC[C@H]3[C@@H](CC[C@@H]4C[C@@H](OC(=O)C[N+]5(C)[C@H]6CC(OC(=O)[C@H](CO)c7ccccc7)C[C@H]5[C@@H]5O[C@H]56)CC[C@@]43C=O)[C@@]1(O)CC[C@@H]2C1=CC(=O)OC1. The summed E-state index contributed by atoms with van der Waals surface area (Å²) in [5.41, 5.74) is -0.0540. The molecular weight excluding hydrogens is 678 g/mol. The molecule has 11 nitrogen and oxygen atoms in total. The molecule has 4 heterocycles. The van der Waals surface area contributed by atoms with Crippen molar-refractivity contribution in [3.05, 3.63) is 47.5 Å². The number of aliphatic hydroxyl groups excluding tert-OH is 1. The second-order valence-corrected chi connectivity index (χ2v) is 18.3. The maximum Gasteiger partial charge on any atom is 0.362 e. The third-order valence-corrected chi connectivity index (χ3v) is 16.3. The molecule has 8 aliphatic rings. The zero-order valence-corrected chi connectivity index (χ0v) is 30.9. The maximum atomic E-state index is 13.7. The van der Waals surface area contributed by atoms with Gasteiger partial charge in [0.2, 0.25) is 0 Å². The van der Waals surface area contributed by atoms with Crippen LogP contribution in [-0.2, 0) is 38.1 Å². The fourth-order valence-corrected chi connectivity index (χ4v) is 13.5. The summed E-state index contributed by atoms with van der Waals surface area (Å²) in [5, 5.41) is 22.5. The van der Waals surface area contributed by atoms with Crippen LogP contribution >= 0.6 is 0 Å². The van der Waals surface area contributed by atoms with Crippen LogP contribution in [0.15, 0.2) is 42.0 Å². The predicted molar refractivity (Wildman–Crippen MR) is 189 cm³/mol. The highest BCUT2D eigenvalue weighted by molar-refractivity contribution is 5.85. The molecule has 4 saturated carbocycles. The van der Waals surface area contributed by atoms with Crippen LogP contribution in [0.3, 0.4) is 0 Å². The molecular formula is C42H54NO10+. The van der Waals surface area contributed by atoms with Gasteiger partial charge in [-0.25, -0.2) is 9.59 Å². The Morgan fingerprint density at radius 1 is 0.962 bits per heavy atom. The number of piperidine rings is 1. The van der Waals surface area contributed by atoms with Gasteiger partial charge in [-0.2, -0.15) is 0 Å². The maximum absolute atomic E-state index is 13.7. The highest BCUT2D eigenvalue weighted by atomic mass is 16.6. The van der Waals surface area contributed by atoms with E-state index in [0.717, 1.165) is 43.2 Å². The number of rotatable bonds is 9. The molecule has 0 radical (unpaired) electrons. The highest BCUT2D eigenvalue weighted by Crippen LogP contribution is 2.69. The molecule has 13 atom stereocenters. The van der Waals surface area contributed by atoms with Gasteiger partial charge >= 0.3 is 17.9 Å². The van der Waals surface area contributed by atoms with Gasteiger partial charge < -0.3 is 38.4 Å². The summed E-state index contributed by atoms with van der Waals surface area (Å²) in [6, 6.07) is 9.21. The van der Waals surface area contributed by atoms with Gasteiger partial charge in [-0.3, -0.25) is 4.79 Å². The van der Waals surface area contributed by atoms with Crippen LogP contribution in [0.1, 0.15) is 89.0 Å². The number of carbonyl (C=O) groups excluding carboxylic acids is 4. The van der Waals surface area contributed by atoms with Gasteiger partial charge in [-0.1, -0.05) is 37.3 Å². The van der Waals surface area contributed by atoms with E-state index in [1.54, 1.807) is 6.08 Å². The molecule has 7 fully saturated rings. The number of nitrogens with zero attached hydrogens (tertiary/aromatic N) is 1. The van der Waals surface area contributed by atoms with Crippen LogP contribution < -0.4 is 0 Å². The van der Waals surface area contributed by atoms with Gasteiger partial charge in [0.15, 0.2) is 6.54 Å². The van der Waals surface area contributed by atoms with Crippen molar-refractivity contribution in [3.8, 4) is 0 Å². The van der Waals surface area contributed by atoms with E-state index in [9.17, 15) is 29.4 Å². The first-order chi connectivity index (χ1) is 25.4. The minimum atomic E-state index is -0.895. The first kappa shape index (κ1) is 35.6. The molecule has 4 aliphatic heterocycles. The lowest BCUT2D eigenvalue weighted by Crippen LogP contribution is -2.64. The first-order valence-corrected chi connectivity index (χ1v) is 20.1. The van der Waals surface area contributed by atoms with Crippen LogP contribution in [-0.4, -0.2) is 108 Å². The number of ether oxygens (including phenoxy) is 4. The monoisotopic (exact) mass is 732 g/mol. The number of aldehydes is 1. The van der Waals surface area contributed by atoms with Crippen molar-refractivity contribution < 1.29 is 52.8 Å². The lowest BCUT2D eigenvalue weighted by atomic mass is 9.43. The van der Waals surface area contributed by atoms with Gasteiger partial charge in [-0.15, -0.1) is 0 Å². The second kappa shape index (κ2) is 12.7. The quantitative estimate of drug-likeness (QED) is 0.126. The van der Waals surface area contributed by atoms with Crippen molar-refractivity contribution >= 4 is 24.2 Å². The number of likely N-dealkylation sites (N-methyl/N-ethyl adjacent to an activating group) is 1. The Hall–Kier alpha value is -3.12. The third-order valence-electron chi connectivity index (χ3n) is 16.3. The Labute approximate surface area is 310 Å². The molecule has 1 aromatic rings. The predicted octanol–water partition coefficient (Wildman–Crippen LogP) is 3.78. The molecule has 4 aliphatic carbocycles. The summed E-state index contributed by atoms with van der Waals surface area (Å²) >= 11 is 0. The topological polar surface area (TPSA) is 149 Å². The number of morpholine rings is 1. The van der Waals surface area contributed by atoms with Gasteiger partial charge in [0.05, 0.1) is 19.3 Å². The van der Waals surface area contributed by atoms with Crippen molar-refractivity contribution in [1.82, 2.24) is 0 Å². The van der Waals surface area contributed by atoms with Gasteiger partial charge in [0.25, 0.3) is 0 Å². The van der Waals surface area contributed by atoms with Gasteiger partial charge in [0, 0.05) is 29.7 Å². The number of hydrogen-bond acceptors (Lipinski definition) is 10. The van der Waals surface area contributed by atoms with Crippen LogP contribution in [0.25, 0.3) is 0 Å². The van der Waals surface area contributed by atoms with E-state index < -0.39 is 22.9 Å². The molecule has 9 rings (SSSR count). The lowest BCUT2D eigenvalue weighted by molar-refractivity contribution is -0.949. The second-order valence-electron chi connectivity index (χ2n) is 18.3. The molecule has 286 valence electrons. The average molecular weight is 733 g/mol. The van der Waals surface area contributed by atoms with E-state index in [0.29, 0.717) is 49.6 Å². The number of aliphatic hydroxyl groups is 2. The Morgan fingerprint density at radius 3 is 2.40 bits per heavy atom. The molecule has 2 N–H and O–H groups in total. The summed E-state index contributed by atoms with van der Waals surface area (Å²) in [6.07, 6.45) is 10.3. The van der Waals surface area contributed by atoms with Crippen molar-refractivity contribution in [2.45, 2.75) is 126 Å². The molecule has 0 amide bonds. The minimum Gasteiger partial charge on any atom is -0.461 e. The molecule has 0 unspecified atom stereocenters. The normalized spacial score (nSPS) is 46.8. The Kier molecular flexibility index (Phi) is 8.53. The van der Waals surface area contributed by atoms with E-state index in [-0.39, 0.29) is 90.7 Å². The summed E-state index contributed by atoms with van der Waals surface area (Å²) in [7, 11) is 2.10. The van der Waals surface area contributed by atoms with E-state index >= 15 is 0 Å². The molecule has 2 bridgehead atoms. The van der Waals surface area contributed by atoms with Crippen molar-refractivity contribution in [3.63, 3.8) is 0 Å². The summed E-state index contributed by atoms with van der Waals surface area (Å²) in [4.78, 5) is 52.0. The fourth-order valence-electron chi connectivity index (χ4n) is 13.5. The molecule has 0 spiro atoms. The van der Waals surface area contributed by atoms with Crippen molar-refractivity contribution in [1.29, 1.82) is 0 Å². The number of benzene rings is 1. The zero-order chi connectivity index (χ0) is 36.9. The average Bonchev–Trinajstić information content (AvgIpc) is 3.69. The number of quaternary nitrogens is 1. The van der Waals surface area contributed by atoms with Crippen molar-refractivity contribution in [2.75, 3.05) is 26.8 Å². The number of epoxide rings is 1. The smallest absolute Gasteiger partial charge is 0.362 e. The zero-order valence-electron chi connectivity index (χ0n) is 30.9. The van der Waals surface area contributed by atoms with Crippen LogP contribution in [0.4, 0.5) is 0 Å². The fraction of sp³-hybridized carbons (Fsp3) is 0.714. The van der Waals surface area contributed by atoms with E-state index in [4.69, 9.17) is 18.9 Å². The number of cyclic esters (lactones) is 1. The summed E-state index contributed by atoms with van der Waals surface area (Å²) < 4.78 is 24.1. The van der Waals surface area contributed by atoms with Gasteiger partial charge in [0.1, 0.15) is 55.3 Å². The van der Waals surface area contributed by atoms with Crippen LogP contribution in [0, 0.1) is 34.5 Å².